The summed E-state index contributed by atoms with van der Waals surface area (Å²) in [7, 11) is 3.16. The number of carbonyl (C=O) groups excluding carboxylic acids is 2. The van der Waals surface area contributed by atoms with Crippen molar-refractivity contribution in [3.63, 3.8) is 0 Å². The molecule has 0 bridgehead atoms. The summed E-state index contributed by atoms with van der Waals surface area (Å²) in [5.74, 6) is -1.90. The maximum Gasteiger partial charge on any atom is 0.272 e. The third kappa shape index (κ3) is 5.15. The second-order valence-corrected chi connectivity index (χ2v) is 9.71. The normalized spacial score (nSPS) is 18.3. The van der Waals surface area contributed by atoms with Gasteiger partial charge in [0.1, 0.15) is 40.3 Å². The van der Waals surface area contributed by atoms with Crippen molar-refractivity contribution in [3.05, 3.63) is 77.2 Å². The van der Waals surface area contributed by atoms with Crippen LogP contribution in [0.15, 0.2) is 48.5 Å². The van der Waals surface area contributed by atoms with Crippen molar-refractivity contribution in [2.24, 2.45) is 5.92 Å². The molecule has 204 valence electrons. The van der Waals surface area contributed by atoms with E-state index in [-0.39, 0.29) is 30.0 Å². The molecule has 10 heteroatoms. The largest absolute Gasteiger partial charge is 0.497 e. The van der Waals surface area contributed by atoms with Crippen molar-refractivity contribution in [2.75, 3.05) is 33.9 Å². The van der Waals surface area contributed by atoms with E-state index >= 15 is 0 Å². The van der Waals surface area contributed by atoms with Crippen LogP contribution in [0.1, 0.15) is 28.9 Å². The molecule has 7 nitrogen and oxygen atoms in total. The molecule has 2 saturated heterocycles. The molecule has 0 N–H and O–H groups in total. The Morgan fingerprint density at radius 2 is 1.74 bits per heavy atom. The number of aryl methyl sites for hydroxylation is 1. The predicted octanol–water partition coefficient (Wildman–Crippen LogP) is 4.49. The maximum atomic E-state index is 14.5. The Bertz CT molecular complexity index is 1400. The number of hydrogen-bond acceptors (Lipinski definition) is 5. The average Bonchev–Trinajstić information content (AvgIpc) is 3.53. The summed E-state index contributed by atoms with van der Waals surface area (Å²) in [4.78, 5) is 33.9. The number of halogens is 3. The van der Waals surface area contributed by atoms with Gasteiger partial charge in [0.2, 0.25) is 5.91 Å². The van der Waals surface area contributed by atoms with Crippen LogP contribution in [0.3, 0.4) is 0 Å². The molecule has 0 saturated carbocycles. The third-order valence-corrected chi connectivity index (χ3v) is 7.52. The van der Waals surface area contributed by atoms with Crippen LogP contribution in [0.5, 0.6) is 11.5 Å². The molecule has 3 heterocycles. The molecule has 2 fully saturated rings. The maximum absolute atomic E-state index is 14.5. The third-order valence-electron chi connectivity index (χ3n) is 7.52. The molecule has 0 radical (unpaired) electrons. The highest BCUT2D eigenvalue weighted by Crippen LogP contribution is 2.34. The number of benzene rings is 2. The number of likely N-dealkylation sites (tertiary alicyclic amines) is 2. The van der Waals surface area contributed by atoms with E-state index in [0.717, 1.165) is 30.2 Å². The number of rotatable bonds is 7. The fourth-order valence-electron chi connectivity index (χ4n) is 5.52. The number of pyridine rings is 1. The highest BCUT2D eigenvalue weighted by molar-refractivity contribution is 5.93. The van der Waals surface area contributed by atoms with Crippen LogP contribution in [-0.2, 0) is 11.2 Å². The second-order valence-electron chi connectivity index (χ2n) is 9.71. The highest BCUT2D eigenvalue weighted by atomic mass is 19.1. The lowest BCUT2D eigenvalue weighted by Gasteiger charge is -2.25. The van der Waals surface area contributed by atoms with Crippen LogP contribution < -0.4 is 9.47 Å². The molecule has 1 aromatic heterocycles. The molecule has 39 heavy (non-hydrogen) atoms. The molecule has 5 rings (SSSR count). The Labute approximate surface area is 224 Å². The minimum Gasteiger partial charge on any atom is -0.497 e. The molecule has 2 aliphatic heterocycles. The van der Waals surface area contributed by atoms with E-state index in [1.54, 1.807) is 31.3 Å². The van der Waals surface area contributed by atoms with Gasteiger partial charge in [-0.15, -0.1) is 0 Å². The SMILES string of the molecule is COc1ccc(OC)c(CCC(=O)N2CC[C@H]3CN(C(=O)c4ccc(F)c(-c5c(F)cccc5F)n4)C[C@H]32)c1. The van der Waals surface area contributed by atoms with Gasteiger partial charge in [0.15, 0.2) is 0 Å². The fraction of sp³-hybridized carbons (Fsp3) is 0.345. The van der Waals surface area contributed by atoms with Gasteiger partial charge in [-0.1, -0.05) is 6.07 Å². The van der Waals surface area contributed by atoms with E-state index < -0.39 is 34.6 Å². The van der Waals surface area contributed by atoms with Gasteiger partial charge >= 0.3 is 0 Å². The van der Waals surface area contributed by atoms with E-state index in [0.29, 0.717) is 37.6 Å². The summed E-state index contributed by atoms with van der Waals surface area (Å²) in [5.41, 5.74) is -0.418. The molecular weight excluding hydrogens is 511 g/mol. The van der Waals surface area contributed by atoms with Gasteiger partial charge in [0.05, 0.1) is 25.8 Å². The van der Waals surface area contributed by atoms with Gasteiger partial charge in [-0.3, -0.25) is 9.59 Å². The smallest absolute Gasteiger partial charge is 0.272 e. The lowest BCUT2D eigenvalue weighted by atomic mass is 10.0. The summed E-state index contributed by atoms with van der Waals surface area (Å²) < 4.78 is 53.8. The Kier molecular flexibility index (Phi) is 7.45. The molecule has 0 spiro atoms. The number of aromatic nitrogens is 1. The lowest BCUT2D eigenvalue weighted by molar-refractivity contribution is -0.132. The van der Waals surface area contributed by atoms with Crippen LogP contribution in [0.4, 0.5) is 13.2 Å². The van der Waals surface area contributed by atoms with Gasteiger partial charge in [0, 0.05) is 32.0 Å². The average molecular weight is 540 g/mol. The number of ether oxygens (including phenoxy) is 2. The molecule has 2 aromatic carbocycles. The Morgan fingerprint density at radius 1 is 0.974 bits per heavy atom. The highest BCUT2D eigenvalue weighted by Gasteiger charge is 2.44. The second kappa shape index (κ2) is 11.0. The van der Waals surface area contributed by atoms with E-state index in [4.69, 9.17) is 9.47 Å². The molecule has 0 unspecified atom stereocenters. The van der Waals surface area contributed by atoms with Gasteiger partial charge in [-0.2, -0.15) is 0 Å². The predicted molar refractivity (Wildman–Crippen MR) is 137 cm³/mol. The molecule has 2 amide bonds. The molecule has 0 aliphatic carbocycles. The van der Waals surface area contributed by atoms with Crippen LogP contribution in [0, 0.1) is 23.4 Å². The molecule has 3 aromatic rings. The number of nitrogens with zero attached hydrogens (tertiary/aromatic N) is 3. The van der Waals surface area contributed by atoms with Crippen molar-refractivity contribution < 1.29 is 32.2 Å². The number of methoxy groups -OCH3 is 2. The summed E-state index contributed by atoms with van der Waals surface area (Å²) >= 11 is 0. The van der Waals surface area contributed by atoms with Gasteiger partial charge < -0.3 is 19.3 Å². The summed E-state index contributed by atoms with van der Waals surface area (Å²) in [6, 6.07) is 10.7. The summed E-state index contributed by atoms with van der Waals surface area (Å²) in [6.45, 7) is 1.33. The lowest BCUT2D eigenvalue weighted by Crippen LogP contribution is -2.41. The first-order chi connectivity index (χ1) is 18.8. The standard InChI is InChI=1S/C29H28F3N3O4/c1-38-19-7-10-25(39-2)17(14-19)6-11-26(36)35-13-12-18-15-34(16-24(18)35)29(37)23-9-8-22(32)28(33-23)27-20(30)4-3-5-21(27)31/h3-5,7-10,14,18,24H,6,11-13,15-16H2,1-2H3/t18-,24+/m0/s1. The van der Waals surface area contributed by atoms with Crippen molar-refractivity contribution in [2.45, 2.75) is 25.3 Å². The number of amides is 2. The quantitative estimate of drug-likeness (QED) is 0.443. The van der Waals surface area contributed by atoms with Crippen molar-refractivity contribution in [3.8, 4) is 22.8 Å². The number of carbonyl (C=O) groups is 2. The van der Waals surface area contributed by atoms with Gasteiger partial charge in [-0.25, -0.2) is 18.2 Å². The Hall–Kier alpha value is -4.08. The molecule has 2 aliphatic rings. The van der Waals surface area contributed by atoms with Crippen LogP contribution >= 0.6 is 0 Å². The molecule has 2 atom stereocenters. The van der Waals surface area contributed by atoms with Gasteiger partial charge in [-0.05, 0) is 60.9 Å². The van der Waals surface area contributed by atoms with Crippen molar-refractivity contribution >= 4 is 11.8 Å². The monoisotopic (exact) mass is 539 g/mol. The van der Waals surface area contributed by atoms with E-state index in [1.165, 1.54) is 12.1 Å². The first-order valence-corrected chi connectivity index (χ1v) is 12.7. The van der Waals surface area contributed by atoms with Crippen LogP contribution in [0.2, 0.25) is 0 Å². The Morgan fingerprint density at radius 3 is 2.46 bits per heavy atom. The number of fused-ring (bicyclic) bond motifs is 1. The summed E-state index contributed by atoms with van der Waals surface area (Å²) in [5, 5.41) is 0. The van der Waals surface area contributed by atoms with Crippen molar-refractivity contribution in [1.82, 2.24) is 14.8 Å². The topological polar surface area (TPSA) is 72.0 Å². The van der Waals surface area contributed by atoms with Crippen LogP contribution in [-0.4, -0.2) is 66.5 Å². The fourth-order valence-corrected chi connectivity index (χ4v) is 5.52. The van der Waals surface area contributed by atoms with Gasteiger partial charge in [0.25, 0.3) is 5.91 Å². The van der Waals surface area contributed by atoms with Crippen molar-refractivity contribution in [1.29, 1.82) is 0 Å². The van der Waals surface area contributed by atoms with E-state index in [1.807, 2.05) is 11.0 Å². The minimum atomic E-state index is -0.970. The first-order valence-electron chi connectivity index (χ1n) is 12.7. The molecular formula is C29H28F3N3O4. The summed E-state index contributed by atoms with van der Waals surface area (Å²) in [6.07, 6.45) is 1.51. The zero-order valence-corrected chi connectivity index (χ0v) is 21.6. The minimum absolute atomic E-state index is 0.0149. The van der Waals surface area contributed by atoms with E-state index in [2.05, 4.69) is 4.98 Å². The number of hydrogen-bond donors (Lipinski definition) is 0. The first kappa shape index (κ1) is 26.5. The van der Waals surface area contributed by atoms with E-state index in [9.17, 15) is 22.8 Å². The zero-order valence-electron chi connectivity index (χ0n) is 21.6. The Balaban J connectivity index is 1.28. The van der Waals surface area contributed by atoms with Crippen LogP contribution in [0.25, 0.3) is 11.3 Å². The zero-order chi connectivity index (χ0) is 27.7.